The van der Waals surface area contributed by atoms with Crippen LogP contribution in [0.3, 0.4) is 0 Å². The number of hydrazone groups is 1. The molecule has 2 heterocycles. The molecule has 0 aliphatic carbocycles. The molecular weight excluding hydrogens is 354 g/mol. The predicted molar refractivity (Wildman–Crippen MR) is 106 cm³/mol. The van der Waals surface area contributed by atoms with Crippen molar-refractivity contribution in [3.05, 3.63) is 96.2 Å². The van der Waals surface area contributed by atoms with E-state index in [1.165, 1.54) is 6.21 Å². The molecule has 0 spiro atoms. The third kappa shape index (κ3) is 4.07. The number of ether oxygens (including phenoxy) is 1. The summed E-state index contributed by atoms with van der Waals surface area (Å²) in [6, 6.07) is 20.8. The zero-order valence-electron chi connectivity index (χ0n) is 14.9. The van der Waals surface area contributed by atoms with E-state index in [-0.39, 0.29) is 12.4 Å². The summed E-state index contributed by atoms with van der Waals surface area (Å²) in [6.07, 6.45) is 4.84. The Morgan fingerprint density at radius 3 is 2.75 bits per heavy atom. The van der Waals surface area contributed by atoms with Gasteiger partial charge in [-0.3, -0.25) is 9.78 Å². The van der Waals surface area contributed by atoms with Crippen molar-refractivity contribution in [1.29, 1.82) is 0 Å². The van der Waals surface area contributed by atoms with Gasteiger partial charge in [-0.1, -0.05) is 36.4 Å². The van der Waals surface area contributed by atoms with E-state index in [1.807, 2.05) is 42.5 Å². The second-order valence-corrected chi connectivity index (χ2v) is 6.01. The van der Waals surface area contributed by atoms with Gasteiger partial charge < -0.3 is 9.15 Å². The lowest BCUT2D eigenvalue weighted by molar-refractivity contribution is 0.0923. The Labute approximate surface area is 161 Å². The second-order valence-electron chi connectivity index (χ2n) is 6.01. The highest BCUT2D eigenvalue weighted by atomic mass is 16.5. The number of nitrogens with zero attached hydrogens (tertiary/aromatic N) is 2. The maximum absolute atomic E-state index is 12.1. The first-order valence-corrected chi connectivity index (χ1v) is 8.72. The summed E-state index contributed by atoms with van der Waals surface area (Å²) >= 11 is 0. The minimum absolute atomic E-state index is 0.170. The lowest BCUT2D eigenvalue weighted by atomic mass is 10.1. The first-order valence-electron chi connectivity index (χ1n) is 8.72. The standard InChI is InChI=1S/C22H17N3O3/c26-22(25-24-14-16-10-12-23-13-11-16)21-9-8-18(28-21)15-27-20-7-3-5-17-4-1-2-6-19(17)20/h1-14H,15H2,(H,25,26)/b24-14+. The molecule has 0 saturated carbocycles. The zero-order chi connectivity index (χ0) is 19.2. The number of furan rings is 1. The van der Waals surface area contributed by atoms with E-state index in [9.17, 15) is 4.79 Å². The van der Waals surface area contributed by atoms with Crippen LogP contribution in [-0.2, 0) is 6.61 Å². The van der Waals surface area contributed by atoms with E-state index in [2.05, 4.69) is 15.5 Å². The van der Waals surface area contributed by atoms with Crippen molar-refractivity contribution in [1.82, 2.24) is 10.4 Å². The molecule has 138 valence electrons. The molecule has 0 aliphatic rings. The third-order valence-corrected chi connectivity index (χ3v) is 4.09. The van der Waals surface area contributed by atoms with Gasteiger partial charge >= 0.3 is 5.91 Å². The maximum atomic E-state index is 12.1. The lowest BCUT2D eigenvalue weighted by Gasteiger charge is -2.07. The number of hydrogen-bond acceptors (Lipinski definition) is 5. The minimum Gasteiger partial charge on any atom is -0.485 e. The average Bonchev–Trinajstić information content (AvgIpc) is 3.22. The highest BCUT2D eigenvalue weighted by Crippen LogP contribution is 2.26. The van der Waals surface area contributed by atoms with Crippen LogP contribution in [0, 0.1) is 0 Å². The largest absolute Gasteiger partial charge is 0.485 e. The number of hydrogen-bond donors (Lipinski definition) is 1. The first-order chi connectivity index (χ1) is 13.8. The maximum Gasteiger partial charge on any atom is 0.307 e. The van der Waals surface area contributed by atoms with Crippen molar-refractivity contribution in [3.8, 4) is 5.75 Å². The molecule has 4 aromatic rings. The summed E-state index contributed by atoms with van der Waals surface area (Å²) < 4.78 is 11.4. The molecule has 6 heteroatoms. The molecule has 1 amide bonds. The Balaban J connectivity index is 1.37. The monoisotopic (exact) mass is 371 g/mol. The van der Waals surface area contributed by atoms with E-state index in [4.69, 9.17) is 9.15 Å². The summed E-state index contributed by atoms with van der Waals surface area (Å²) in [6.45, 7) is 0.224. The Kier molecular flexibility index (Phi) is 5.11. The second kappa shape index (κ2) is 8.18. The van der Waals surface area contributed by atoms with Crippen LogP contribution in [-0.4, -0.2) is 17.1 Å². The van der Waals surface area contributed by atoms with Crippen LogP contribution in [0.5, 0.6) is 5.75 Å². The van der Waals surface area contributed by atoms with Gasteiger partial charge in [-0.05, 0) is 41.3 Å². The van der Waals surface area contributed by atoms with Gasteiger partial charge in [0.1, 0.15) is 18.1 Å². The molecule has 1 N–H and O–H groups in total. The predicted octanol–water partition coefficient (Wildman–Crippen LogP) is 4.17. The van der Waals surface area contributed by atoms with Crippen LogP contribution < -0.4 is 10.2 Å². The topological polar surface area (TPSA) is 76.7 Å². The van der Waals surface area contributed by atoms with E-state index < -0.39 is 5.91 Å². The smallest absolute Gasteiger partial charge is 0.307 e. The van der Waals surface area contributed by atoms with Crippen molar-refractivity contribution in [2.24, 2.45) is 5.10 Å². The number of benzene rings is 2. The number of fused-ring (bicyclic) bond motifs is 1. The first kappa shape index (κ1) is 17.5. The van der Waals surface area contributed by atoms with Gasteiger partial charge in [-0.25, -0.2) is 5.43 Å². The fraction of sp³-hybridized carbons (Fsp3) is 0.0455. The molecule has 0 saturated heterocycles. The quantitative estimate of drug-likeness (QED) is 0.408. The fourth-order valence-corrected chi connectivity index (χ4v) is 2.72. The van der Waals surface area contributed by atoms with Crippen LogP contribution in [0.2, 0.25) is 0 Å². The van der Waals surface area contributed by atoms with Crippen molar-refractivity contribution in [2.75, 3.05) is 0 Å². The van der Waals surface area contributed by atoms with E-state index in [0.717, 1.165) is 22.1 Å². The number of nitrogens with one attached hydrogen (secondary N) is 1. The van der Waals surface area contributed by atoms with Gasteiger partial charge in [0.2, 0.25) is 0 Å². The molecule has 6 nitrogen and oxygen atoms in total. The molecule has 0 aliphatic heterocycles. The molecule has 2 aromatic carbocycles. The van der Waals surface area contributed by atoms with Crippen LogP contribution in [0.15, 0.2) is 88.6 Å². The molecular formula is C22H17N3O3. The number of carbonyl (C=O) groups is 1. The van der Waals surface area contributed by atoms with Gasteiger partial charge in [0, 0.05) is 17.8 Å². The van der Waals surface area contributed by atoms with E-state index in [1.54, 1.807) is 36.7 Å². The molecule has 0 radical (unpaired) electrons. The Hall–Kier alpha value is -3.93. The van der Waals surface area contributed by atoms with Gasteiger partial charge in [-0.15, -0.1) is 0 Å². The van der Waals surface area contributed by atoms with Gasteiger partial charge in [0.05, 0.1) is 6.21 Å². The number of pyridine rings is 1. The molecule has 0 atom stereocenters. The molecule has 2 aromatic heterocycles. The van der Waals surface area contributed by atoms with Gasteiger partial charge in [0.25, 0.3) is 0 Å². The summed E-state index contributed by atoms with van der Waals surface area (Å²) in [5.74, 6) is 1.06. The van der Waals surface area contributed by atoms with Gasteiger partial charge in [-0.2, -0.15) is 5.10 Å². The molecule has 0 bridgehead atoms. The number of aromatic nitrogens is 1. The zero-order valence-corrected chi connectivity index (χ0v) is 14.9. The molecule has 0 unspecified atom stereocenters. The van der Waals surface area contributed by atoms with E-state index in [0.29, 0.717) is 5.76 Å². The van der Waals surface area contributed by atoms with Crippen LogP contribution in [0.25, 0.3) is 10.8 Å². The average molecular weight is 371 g/mol. The molecule has 28 heavy (non-hydrogen) atoms. The normalized spacial score (nSPS) is 11.0. The third-order valence-electron chi connectivity index (χ3n) is 4.09. The van der Waals surface area contributed by atoms with Crippen molar-refractivity contribution in [3.63, 3.8) is 0 Å². The van der Waals surface area contributed by atoms with E-state index >= 15 is 0 Å². The van der Waals surface area contributed by atoms with Crippen LogP contribution in [0.1, 0.15) is 21.9 Å². The summed E-state index contributed by atoms with van der Waals surface area (Å²) in [5.41, 5.74) is 3.27. The van der Waals surface area contributed by atoms with Gasteiger partial charge in [0.15, 0.2) is 5.76 Å². The molecule has 4 rings (SSSR count). The molecule has 0 fully saturated rings. The highest BCUT2D eigenvalue weighted by molar-refractivity contribution is 5.92. The Bertz CT molecular complexity index is 1110. The summed E-state index contributed by atoms with van der Waals surface area (Å²) in [7, 11) is 0. The van der Waals surface area contributed by atoms with Crippen LogP contribution >= 0.6 is 0 Å². The van der Waals surface area contributed by atoms with Crippen molar-refractivity contribution < 1.29 is 13.9 Å². The number of rotatable bonds is 6. The summed E-state index contributed by atoms with van der Waals surface area (Å²) in [4.78, 5) is 16.0. The SMILES string of the molecule is O=C(N/N=C/c1ccncc1)c1ccc(COc2cccc3ccccc23)o1. The van der Waals surface area contributed by atoms with Crippen molar-refractivity contribution >= 4 is 22.9 Å². The lowest BCUT2D eigenvalue weighted by Crippen LogP contribution is -2.16. The summed E-state index contributed by atoms with van der Waals surface area (Å²) in [5, 5.41) is 6.04. The Morgan fingerprint density at radius 1 is 1.04 bits per heavy atom. The van der Waals surface area contributed by atoms with Crippen LogP contribution in [0.4, 0.5) is 0 Å². The Morgan fingerprint density at radius 2 is 1.86 bits per heavy atom. The van der Waals surface area contributed by atoms with Crippen molar-refractivity contribution in [2.45, 2.75) is 6.61 Å². The fourth-order valence-electron chi connectivity index (χ4n) is 2.72. The minimum atomic E-state index is -0.429. The number of carbonyl (C=O) groups excluding carboxylic acids is 1. The number of amides is 1. The highest BCUT2D eigenvalue weighted by Gasteiger charge is 2.11.